The van der Waals surface area contributed by atoms with Crippen LogP contribution < -0.4 is 4.90 Å². The first-order valence-electron chi connectivity index (χ1n) is 22.4. The maximum Gasteiger partial charge on any atom is 0.303 e. The Morgan fingerprint density at radius 3 is 2.17 bits per heavy atom. The summed E-state index contributed by atoms with van der Waals surface area (Å²) in [6.07, 6.45) is 9.88. The maximum atomic E-state index is 12.7. The number of fused-ring (bicyclic) bond motifs is 10. The average molecular weight is 948 g/mol. The summed E-state index contributed by atoms with van der Waals surface area (Å²) in [6, 6.07) is 14.2. The zero-order chi connectivity index (χ0) is 47.0. The van der Waals surface area contributed by atoms with E-state index in [1.54, 1.807) is 18.2 Å². The van der Waals surface area contributed by atoms with E-state index < -0.39 is 56.9 Å². The van der Waals surface area contributed by atoms with E-state index >= 15 is 0 Å². The molecule has 0 fully saturated rings. The van der Waals surface area contributed by atoms with E-state index in [1.807, 2.05) is 19.9 Å². The molecule has 0 bridgehead atoms. The van der Waals surface area contributed by atoms with Gasteiger partial charge in [-0.15, -0.1) is 0 Å². The fourth-order valence-electron chi connectivity index (χ4n) is 11.5. The highest BCUT2D eigenvalue weighted by molar-refractivity contribution is 7.87. The number of ether oxygens (including phenoxy) is 1. The third-order valence-electron chi connectivity index (χ3n) is 14.2. The van der Waals surface area contributed by atoms with Crippen LogP contribution in [0.15, 0.2) is 103 Å². The second-order valence-corrected chi connectivity index (χ2v) is 23.1. The number of rotatable bonds is 12. The van der Waals surface area contributed by atoms with Gasteiger partial charge in [-0.1, -0.05) is 76.8 Å². The van der Waals surface area contributed by atoms with Gasteiger partial charge in [-0.3, -0.25) is 18.5 Å². The number of nitrogens with zero attached hydrogens (tertiary/aromatic N) is 1. The lowest BCUT2D eigenvalue weighted by Crippen LogP contribution is -2.43. The van der Waals surface area contributed by atoms with Crippen molar-refractivity contribution in [2.24, 2.45) is 0 Å². The molecule has 16 heteroatoms. The molecule has 3 unspecified atom stereocenters. The van der Waals surface area contributed by atoms with Gasteiger partial charge in [0.1, 0.15) is 4.90 Å². The Morgan fingerprint density at radius 1 is 0.769 bits per heavy atom. The summed E-state index contributed by atoms with van der Waals surface area (Å²) in [5, 5.41) is 11.4. The van der Waals surface area contributed by atoms with Crippen LogP contribution in [-0.4, -0.2) is 68.7 Å². The molecule has 13 nitrogen and oxygen atoms in total. The summed E-state index contributed by atoms with van der Waals surface area (Å²) in [5.41, 5.74) is 7.23. The van der Waals surface area contributed by atoms with Crippen LogP contribution in [0.3, 0.4) is 0 Å². The summed E-state index contributed by atoms with van der Waals surface area (Å²) in [4.78, 5) is 12.3. The van der Waals surface area contributed by atoms with Gasteiger partial charge in [0.2, 0.25) is 0 Å². The number of aliphatic carboxylic acids is 1. The van der Waals surface area contributed by atoms with Crippen molar-refractivity contribution in [3.05, 3.63) is 105 Å². The van der Waals surface area contributed by atoms with Gasteiger partial charge < -0.3 is 14.7 Å². The molecule has 0 saturated heterocycles. The molecule has 65 heavy (non-hydrogen) atoms. The molecule has 1 aliphatic carbocycles. The minimum absolute atomic E-state index is 0.0600. The smallest absolute Gasteiger partial charge is 0.303 e. The van der Waals surface area contributed by atoms with Gasteiger partial charge in [0.25, 0.3) is 30.4 Å². The molecule has 3 heterocycles. The third-order valence-corrected chi connectivity index (χ3v) is 16.8. The number of allylic oxidation sites excluding steroid dienone is 2. The molecule has 0 radical (unpaired) electrons. The molecule has 4 N–H and O–H groups in total. The van der Waals surface area contributed by atoms with Crippen molar-refractivity contribution in [3.63, 3.8) is 0 Å². The number of unbranched alkanes of at least 4 members (excludes halogenated alkanes) is 3. The Kier molecular flexibility index (Phi) is 12.3. The first-order valence-corrected chi connectivity index (χ1v) is 26.7. The molecule has 3 atom stereocenters. The van der Waals surface area contributed by atoms with E-state index in [1.165, 1.54) is 23.8 Å². The van der Waals surface area contributed by atoms with E-state index in [2.05, 4.69) is 37.8 Å². The molecular weight excluding hydrogens is 891 g/mol. The van der Waals surface area contributed by atoms with Gasteiger partial charge in [0, 0.05) is 46.1 Å². The second kappa shape index (κ2) is 17.0. The highest BCUT2D eigenvalue weighted by Crippen LogP contribution is 2.57. The lowest BCUT2D eigenvalue weighted by atomic mass is 9.64. The van der Waals surface area contributed by atoms with E-state index in [0.29, 0.717) is 49.6 Å². The second-order valence-electron chi connectivity index (χ2n) is 18.9. The number of anilines is 1. The van der Waals surface area contributed by atoms with Crippen LogP contribution >= 0.6 is 0 Å². The molecule has 8 rings (SSSR count). The predicted molar refractivity (Wildman–Crippen MR) is 249 cm³/mol. The predicted octanol–water partition coefficient (Wildman–Crippen LogP) is 10.0. The molecule has 0 saturated carbocycles. The lowest BCUT2D eigenvalue weighted by Gasteiger charge is -2.45. The topological polar surface area (TPSA) is 213 Å². The van der Waals surface area contributed by atoms with E-state index in [0.717, 1.165) is 89.2 Å². The van der Waals surface area contributed by atoms with E-state index in [9.17, 15) is 48.8 Å². The molecule has 4 aliphatic rings. The minimum Gasteiger partial charge on any atom is -0.481 e. The molecule has 4 aromatic rings. The van der Waals surface area contributed by atoms with Gasteiger partial charge in [0.05, 0.1) is 22.0 Å². The molecule has 0 spiro atoms. The number of carboxylic acids is 1. The summed E-state index contributed by atoms with van der Waals surface area (Å²) in [6.45, 7) is 11.2. The van der Waals surface area contributed by atoms with Gasteiger partial charge in [-0.2, -0.15) is 25.3 Å². The zero-order valence-electron chi connectivity index (χ0n) is 37.3. The highest BCUT2D eigenvalue weighted by atomic mass is 32.2. The number of aryl methyl sites for hydroxylation is 1. The van der Waals surface area contributed by atoms with Crippen molar-refractivity contribution >= 4 is 63.6 Å². The largest absolute Gasteiger partial charge is 0.481 e. The number of benzene rings is 4. The standard InChI is InChI=1S/C49H57NO12S3/c1-6-7-12-29(2)44-37-28-38-41(22-24-50-39-21-20-35-36(46(39)48(3,4)47(38)50)26-33(64(56,57)58)27-42(35)65(59,60)61)62-40(37)14-11-13-30-16-17-31-25-32(63(53,54)55)18-19-34(31)45(30)49(44,5)23-10-8-9-15-43(51)52/h16-21,25-28,40-41H,6-15,22-24H2,1-5H3,(H,51,52)(H,53,54,55)(H,56,57,58)(H,59,60,61). The Labute approximate surface area is 381 Å². The molecule has 348 valence electrons. The van der Waals surface area contributed by atoms with Crippen LogP contribution in [0.1, 0.15) is 122 Å². The fraction of sp³-hybridized carbons (Fsp3) is 0.449. The van der Waals surface area contributed by atoms with Crippen molar-refractivity contribution in [1.82, 2.24) is 0 Å². The quantitative estimate of drug-likeness (QED) is 0.0770. The number of hydrogen-bond acceptors (Lipinski definition) is 9. The van der Waals surface area contributed by atoms with Crippen LogP contribution in [0.25, 0.3) is 21.5 Å². The first-order chi connectivity index (χ1) is 30.5. The Hall–Kier alpha value is -4.42. The van der Waals surface area contributed by atoms with Crippen molar-refractivity contribution in [1.29, 1.82) is 0 Å². The van der Waals surface area contributed by atoms with Crippen LogP contribution in [-0.2, 0) is 57.1 Å². The normalized spacial score (nSPS) is 22.8. The maximum absolute atomic E-state index is 12.7. The number of hydrogen-bond donors (Lipinski definition) is 4. The molecule has 0 aromatic heterocycles. The zero-order valence-corrected chi connectivity index (χ0v) is 39.8. The van der Waals surface area contributed by atoms with Gasteiger partial charge in [0.15, 0.2) is 0 Å². The fourth-order valence-corrected chi connectivity index (χ4v) is 13.4. The van der Waals surface area contributed by atoms with Gasteiger partial charge >= 0.3 is 5.97 Å². The van der Waals surface area contributed by atoms with Gasteiger partial charge in [-0.25, -0.2) is 0 Å². The summed E-state index contributed by atoms with van der Waals surface area (Å²) in [7, 11) is -14.3. The Bertz CT molecular complexity index is 3090. The van der Waals surface area contributed by atoms with E-state index in [4.69, 9.17) is 4.74 Å². The van der Waals surface area contributed by atoms with E-state index in [-0.39, 0.29) is 34.3 Å². The SMILES string of the molecule is CCCCC(C)=C1C2=CC3=C4N(CCC3OC2CCCc2ccc3cc(S(=O)(=O)O)ccc3c2C1(C)CCCCCC(=O)O)c1ccc2c(S(=O)(=O)O)cc(S(=O)(=O)O)cc2c1C4(C)C. The first kappa shape index (κ1) is 47.1. The summed E-state index contributed by atoms with van der Waals surface area (Å²) < 4.78 is 113. The average Bonchev–Trinajstić information content (AvgIpc) is 3.49. The van der Waals surface area contributed by atoms with Crippen LogP contribution in [0.4, 0.5) is 5.69 Å². The highest BCUT2D eigenvalue weighted by Gasteiger charge is 2.49. The molecule has 4 aromatic carbocycles. The van der Waals surface area contributed by atoms with Crippen LogP contribution in [0.5, 0.6) is 0 Å². The van der Waals surface area contributed by atoms with Crippen molar-refractivity contribution in [2.75, 3.05) is 11.4 Å². The molecule has 0 amide bonds. The Balaban J connectivity index is 1.40. The van der Waals surface area contributed by atoms with Crippen molar-refractivity contribution < 1.29 is 53.5 Å². The van der Waals surface area contributed by atoms with Gasteiger partial charge in [-0.05, 0) is 139 Å². The lowest BCUT2D eigenvalue weighted by molar-refractivity contribution is -0.137. The summed E-state index contributed by atoms with van der Waals surface area (Å²) >= 11 is 0. The molecule has 3 aliphatic heterocycles. The van der Waals surface area contributed by atoms with Crippen molar-refractivity contribution in [3.8, 4) is 0 Å². The Morgan fingerprint density at radius 2 is 1.49 bits per heavy atom. The van der Waals surface area contributed by atoms with Crippen LogP contribution in [0.2, 0.25) is 0 Å². The monoisotopic (exact) mass is 947 g/mol. The number of carbonyl (C=O) groups is 1. The van der Waals surface area contributed by atoms with Crippen LogP contribution in [0, 0.1) is 0 Å². The number of carboxylic acid groups (broad SMARTS) is 1. The minimum atomic E-state index is -4.92. The summed E-state index contributed by atoms with van der Waals surface area (Å²) in [5.74, 6) is -0.846. The van der Waals surface area contributed by atoms with Crippen molar-refractivity contribution in [2.45, 2.75) is 149 Å². The third kappa shape index (κ3) is 8.48. The molecular formula is C49H57NO12S3.